The van der Waals surface area contributed by atoms with Gasteiger partial charge in [-0.3, -0.25) is 28.7 Å². The highest BCUT2D eigenvalue weighted by molar-refractivity contribution is 5.87. The van der Waals surface area contributed by atoms with Crippen LogP contribution in [-0.2, 0) is 9.53 Å². The molecule has 5 N–H and O–H groups in total. The zero-order chi connectivity index (χ0) is 29.1. The number of aromatic nitrogens is 4. The summed E-state index contributed by atoms with van der Waals surface area (Å²) in [5.74, 6) is 0.0243. The van der Waals surface area contributed by atoms with E-state index in [0.29, 0.717) is 44.7 Å². The van der Waals surface area contributed by atoms with Crippen molar-refractivity contribution in [2.24, 2.45) is 0 Å². The molecule has 0 saturated carbocycles. The minimum Gasteiger partial charge on any atom is -0.379 e. The highest BCUT2D eigenvalue weighted by Gasteiger charge is 2.30. The van der Waals surface area contributed by atoms with E-state index in [1.807, 2.05) is 30.0 Å². The van der Waals surface area contributed by atoms with Crippen molar-refractivity contribution in [2.45, 2.75) is 25.2 Å². The van der Waals surface area contributed by atoms with Crippen molar-refractivity contribution in [3.8, 4) is 0 Å². The van der Waals surface area contributed by atoms with E-state index in [2.05, 4.69) is 30.5 Å². The van der Waals surface area contributed by atoms with E-state index in [0.717, 1.165) is 26.2 Å². The number of carbonyl (C=O) groups is 1. The molecule has 2 saturated heterocycles. The van der Waals surface area contributed by atoms with Gasteiger partial charge in [-0.25, -0.2) is 4.98 Å². The van der Waals surface area contributed by atoms with Gasteiger partial charge in [0, 0.05) is 58.4 Å². The molecule has 2 fully saturated rings. The number of aromatic amines is 1. The summed E-state index contributed by atoms with van der Waals surface area (Å²) in [7, 11) is 3.97. The first-order chi connectivity index (χ1) is 19.7. The molecule has 0 radical (unpaired) electrons. The van der Waals surface area contributed by atoms with Gasteiger partial charge < -0.3 is 35.8 Å². The smallest absolute Gasteiger partial charge is 0.280 e. The molecule has 15 nitrogen and oxygen atoms in total. The standard InChI is InChI=1S/C26H36N10O5/c1-33(8-3-4-17(37)35-12-10-34(2)11-13-35)9-7-28-19-20(23(39)22(19)38)29-14-16-5-6-18(41-16)36-15-30-21-24(36)31-26(27)32-25(21)40/h3-4,15-16,18,28-29H,5-14H2,1-2H3,(H3,27,31,32,40)/b4-3+. The number of piperazine rings is 1. The average molecular weight is 569 g/mol. The Balaban J connectivity index is 1.06. The third kappa shape index (κ3) is 6.31. The molecule has 0 aliphatic carbocycles. The van der Waals surface area contributed by atoms with Crippen molar-refractivity contribution < 1.29 is 9.53 Å². The van der Waals surface area contributed by atoms with Crippen LogP contribution in [0.1, 0.15) is 19.1 Å². The van der Waals surface area contributed by atoms with E-state index in [4.69, 9.17) is 10.5 Å². The Bertz CT molecular complexity index is 1550. The fourth-order valence-corrected chi connectivity index (χ4v) is 5.07. The SMILES string of the molecule is CN(C/C=C/C(=O)N1CCN(C)CC1)CCNc1c(NCC2CCC(n3cnc4c(=O)[nH]c(N)nc43)O2)c(=O)c1=O. The van der Waals surface area contributed by atoms with Crippen molar-refractivity contribution in [3.63, 3.8) is 0 Å². The van der Waals surface area contributed by atoms with Crippen LogP contribution in [0.3, 0.4) is 0 Å². The Kier molecular flexibility index (Phi) is 8.46. The molecule has 1 amide bonds. The van der Waals surface area contributed by atoms with E-state index in [1.165, 1.54) is 6.33 Å². The normalized spacial score (nSPS) is 20.1. The van der Waals surface area contributed by atoms with Crippen molar-refractivity contribution in [1.82, 2.24) is 34.2 Å². The Labute approximate surface area is 235 Å². The van der Waals surface area contributed by atoms with E-state index in [9.17, 15) is 19.2 Å². The van der Waals surface area contributed by atoms with Gasteiger partial charge in [0.15, 0.2) is 11.2 Å². The summed E-state index contributed by atoms with van der Waals surface area (Å²) in [5, 5.41) is 6.14. The van der Waals surface area contributed by atoms with E-state index in [-0.39, 0.29) is 41.1 Å². The van der Waals surface area contributed by atoms with Gasteiger partial charge in [0.25, 0.3) is 16.4 Å². The molecule has 2 aromatic heterocycles. The molecule has 2 aliphatic heterocycles. The van der Waals surface area contributed by atoms with Gasteiger partial charge >= 0.3 is 0 Å². The predicted molar refractivity (Wildman–Crippen MR) is 155 cm³/mol. The molecule has 15 heteroatoms. The van der Waals surface area contributed by atoms with Crippen LogP contribution in [-0.4, -0.2) is 113 Å². The summed E-state index contributed by atoms with van der Waals surface area (Å²) in [6, 6.07) is 0. The molecule has 2 aliphatic rings. The number of imidazole rings is 1. The molecule has 5 rings (SSSR count). The molecule has 220 valence electrons. The monoisotopic (exact) mass is 568 g/mol. The minimum atomic E-state index is -0.555. The molecule has 0 spiro atoms. The molecular weight excluding hydrogens is 532 g/mol. The van der Waals surface area contributed by atoms with Gasteiger partial charge in [0.2, 0.25) is 11.9 Å². The van der Waals surface area contributed by atoms with Crippen molar-refractivity contribution >= 4 is 34.4 Å². The Morgan fingerprint density at radius 2 is 1.90 bits per heavy atom. The van der Waals surface area contributed by atoms with Crippen molar-refractivity contribution in [1.29, 1.82) is 0 Å². The first-order valence-corrected chi connectivity index (χ1v) is 13.7. The number of hydrogen-bond acceptors (Lipinski definition) is 12. The lowest BCUT2D eigenvalue weighted by atomic mass is 10.1. The maximum atomic E-state index is 12.3. The number of nitrogens with zero attached hydrogens (tertiary/aromatic N) is 6. The third-order valence-corrected chi connectivity index (χ3v) is 7.55. The van der Waals surface area contributed by atoms with Crippen LogP contribution >= 0.6 is 0 Å². The van der Waals surface area contributed by atoms with Gasteiger partial charge in [-0.15, -0.1) is 0 Å². The first-order valence-electron chi connectivity index (χ1n) is 13.7. The zero-order valence-corrected chi connectivity index (χ0v) is 23.3. The minimum absolute atomic E-state index is 0.000401. The maximum absolute atomic E-state index is 12.3. The van der Waals surface area contributed by atoms with Gasteiger partial charge in [-0.1, -0.05) is 6.08 Å². The Hall–Kier alpha value is -4.08. The van der Waals surface area contributed by atoms with Crippen LogP contribution in [0.4, 0.5) is 17.3 Å². The number of nitrogens with two attached hydrogens (primary N) is 1. The summed E-state index contributed by atoms with van der Waals surface area (Å²) in [6.07, 6.45) is 5.71. The Morgan fingerprint density at radius 1 is 1.17 bits per heavy atom. The fraction of sp³-hybridized carbons (Fsp3) is 0.538. The highest BCUT2D eigenvalue weighted by Crippen LogP contribution is 2.30. The highest BCUT2D eigenvalue weighted by atomic mass is 16.5. The lowest BCUT2D eigenvalue weighted by Gasteiger charge is -2.31. The topological polar surface area (TPSA) is 184 Å². The maximum Gasteiger partial charge on any atom is 0.280 e. The summed E-state index contributed by atoms with van der Waals surface area (Å²) >= 11 is 0. The summed E-state index contributed by atoms with van der Waals surface area (Å²) in [5.41, 5.74) is 5.24. The number of nitrogen functional groups attached to an aromatic ring is 1. The number of rotatable bonds is 11. The molecule has 2 atom stereocenters. The number of amides is 1. The number of anilines is 3. The van der Waals surface area contributed by atoms with Crippen LogP contribution in [0.15, 0.2) is 32.9 Å². The van der Waals surface area contributed by atoms with Gasteiger partial charge in [-0.2, -0.15) is 4.98 Å². The number of carbonyl (C=O) groups excluding carboxylic acids is 1. The largest absolute Gasteiger partial charge is 0.379 e. The fourth-order valence-electron chi connectivity index (χ4n) is 5.07. The average Bonchev–Trinajstić information content (AvgIpc) is 3.59. The van der Waals surface area contributed by atoms with Gasteiger partial charge in [0.1, 0.15) is 17.6 Å². The second kappa shape index (κ2) is 12.2. The summed E-state index contributed by atoms with van der Waals surface area (Å²) in [6.45, 7) is 5.23. The van der Waals surface area contributed by atoms with Crippen molar-refractivity contribution in [3.05, 3.63) is 49.3 Å². The Morgan fingerprint density at radius 3 is 2.66 bits per heavy atom. The number of H-pyrrole nitrogens is 1. The van der Waals surface area contributed by atoms with E-state index < -0.39 is 16.4 Å². The van der Waals surface area contributed by atoms with Gasteiger partial charge in [0.05, 0.1) is 12.4 Å². The van der Waals surface area contributed by atoms with Crippen LogP contribution in [0.2, 0.25) is 0 Å². The number of hydrogen-bond donors (Lipinski definition) is 4. The molecule has 1 aromatic carbocycles. The molecule has 4 heterocycles. The van der Waals surface area contributed by atoms with Crippen LogP contribution < -0.4 is 32.8 Å². The van der Waals surface area contributed by atoms with E-state index in [1.54, 1.807) is 10.6 Å². The zero-order valence-electron chi connectivity index (χ0n) is 23.3. The van der Waals surface area contributed by atoms with E-state index >= 15 is 0 Å². The van der Waals surface area contributed by atoms with Gasteiger partial charge in [-0.05, 0) is 26.9 Å². The molecule has 0 bridgehead atoms. The molecule has 3 aromatic rings. The molecule has 2 unspecified atom stereocenters. The summed E-state index contributed by atoms with van der Waals surface area (Å²) in [4.78, 5) is 65.6. The first kappa shape index (κ1) is 28.4. The number of ether oxygens (including phenoxy) is 1. The van der Waals surface area contributed by atoms with Crippen LogP contribution in [0.25, 0.3) is 11.2 Å². The van der Waals surface area contributed by atoms with Crippen molar-refractivity contribution in [2.75, 3.05) is 82.8 Å². The van der Waals surface area contributed by atoms with Crippen LogP contribution in [0, 0.1) is 0 Å². The molecule has 41 heavy (non-hydrogen) atoms. The predicted octanol–water partition coefficient (Wildman–Crippen LogP) is -1.24. The van der Waals surface area contributed by atoms with Crippen LogP contribution in [0.5, 0.6) is 0 Å². The lowest BCUT2D eigenvalue weighted by molar-refractivity contribution is -0.127. The lowest BCUT2D eigenvalue weighted by Crippen LogP contribution is -2.46. The summed E-state index contributed by atoms with van der Waals surface area (Å²) < 4.78 is 7.79. The second-order valence-electron chi connectivity index (χ2n) is 10.6. The molecular formula is C26H36N10O5. The second-order valence-corrected chi connectivity index (χ2v) is 10.6. The quantitative estimate of drug-likeness (QED) is 0.160. The number of nitrogens with one attached hydrogen (secondary N) is 3. The number of likely N-dealkylation sites (N-methyl/N-ethyl adjacent to an activating group) is 2. The number of fused-ring (bicyclic) bond motifs is 1. The third-order valence-electron chi connectivity index (χ3n) is 7.55.